The van der Waals surface area contributed by atoms with Gasteiger partial charge in [0.25, 0.3) is 0 Å². The molecule has 1 unspecified atom stereocenters. The van der Waals surface area contributed by atoms with Gasteiger partial charge in [0, 0.05) is 13.2 Å². The Kier molecular flexibility index (Phi) is 3.89. The predicted octanol–water partition coefficient (Wildman–Crippen LogP) is 2.81. The third-order valence-corrected chi connectivity index (χ3v) is 2.73. The van der Waals surface area contributed by atoms with Crippen LogP contribution in [0.5, 0.6) is 0 Å². The molecule has 1 aromatic rings. The molecule has 0 saturated heterocycles. The highest BCUT2D eigenvalue weighted by Gasteiger charge is 2.21. The maximum Gasteiger partial charge on any atom is 0.0640 e. The van der Waals surface area contributed by atoms with Crippen molar-refractivity contribution in [3.63, 3.8) is 0 Å². The van der Waals surface area contributed by atoms with E-state index < -0.39 is 0 Å². The van der Waals surface area contributed by atoms with Crippen molar-refractivity contribution in [2.24, 2.45) is 5.73 Å². The summed E-state index contributed by atoms with van der Waals surface area (Å²) >= 11 is 0. The fraction of sp³-hybridized carbons (Fsp3) is 0.538. The van der Waals surface area contributed by atoms with E-state index in [9.17, 15) is 0 Å². The average molecular weight is 207 g/mol. The van der Waals surface area contributed by atoms with Crippen molar-refractivity contribution in [3.05, 3.63) is 35.4 Å². The normalized spacial score (nSPS) is 13.9. The van der Waals surface area contributed by atoms with E-state index in [-0.39, 0.29) is 11.6 Å². The fourth-order valence-corrected chi connectivity index (χ4v) is 1.63. The Balaban J connectivity index is 2.73. The zero-order chi connectivity index (χ0) is 11.5. The summed E-state index contributed by atoms with van der Waals surface area (Å²) < 4.78 is 5.38. The van der Waals surface area contributed by atoms with Crippen LogP contribution >= 0.6 is 0 Å². The zero-order valence-corrected chi connectivity index (χ0v) is 10.1. The molecule has 0 heterocycles. The second-order valence-corrected chi connectivity index (χ2v) is 4.69. The summed E-state index contributed by atoms with van der Waals surface area (Å²) in [4.78, 5) is 0. The topological polar surface area (TPSA) is 35.2 Å². The van der Waals surface area contributed by atoms with E-state index in [0.717, 1.165) is 6.42 Å². The molecule has 2 nitrogen and oxygen atoms in total. The number of rotatable bonds is 4. The zero-order valence-electron chi connectivity index (χ0n) is 10.1. The first kappa shape index (κ1) is 12.2. The van der Waals surface area contributed by atoms with Crippen LogP contribution < -0.4 is 5.73 Å². The van der Waals surface area contributed by atoms with Gasteiger partial charge in [-0.1, -0.05) is 29.8 Å². The van der Waals surface area contributed by atoms with Gasteiger partial charge in [0.15, 0.2) is 0 Å². The summed E-state index contributed by atoms with van der Waals surface area (Å²) in [6.45, 7) is 6.20. The van der Waals surface area contributed by atoms with Crippen LogP contribution in [0.1, 0.15) is 37.4 Å². The highest BCUT2D eigenvalue weighted by atomic mass is 16.5. The summed E-state index contributed by atoms with van der Waals surface area (Å²) in [5.41, 5.74) is 8.41. The van der Waals surface area contributed by atoms with Crippen LogP contribution in [0.4, 0.5) is 0 Å². The van der Waals surface area contributed by atoms with Gasteiger partial charge < -0.3 is 10.5 Å². The molecule has 0 fully saturated rings. The fourth-order valence-electron chi connectivity index (χ4n) is 1.63. The van der Waals surface area contributed by atoms with E-state index in [0.29, 0.717) is 0 Å². The first-order valence-electron chi connectivity index (χ1n) is 5.32. The van der Waals surface area contributed by atoms with Crippen LogP contribution in [-0.2, 0) is 4.74 Å². The lowest BCUT2D eigenvalue weighted by molar-refractivity contribution is 0.00995. The molecule has 1 aromatic carbocycles. The molecule has 0 spiro atoms. The van der Waals surface area contributed by atoms with E-state index in [1.807, 2.05) is 6.07 Å². The van der Waals surface area contributed by atoms with Crippen molar-refractivity contribution >= 4 is 0 Å². The second-order valence-electron chi connectivity index (χ2n) is 4.69. The van der Waals surface area contributed by atoms with Crippen molar-refractivity contribution in [2.75, 3.05) is 7.11 Å². The Morgan fingerprint density at radius 2 is 2.07 bits per heavy atom. The molecule has 1 atom stereocenters. The molecule has 0 aromatic heterocycles. The van der Waals surface area contributed by atoms with Gasteiger partial charge in [-0.3, -0.25) is 0 Å². The summed E-state index contributed by atoms with van der Waals surface area (Å²) in [5.74, 6) is 0. The van der Waals surface area contributed by atoms with Gasteiger partial charge in [0.2, 0.25) is 0 Å². The smallest absolute Gasteiger partial charge is 0.0640 e. The van der Waals surface area contributed by atoms with Crippen molar-refractivity contribution in [1.29, 1.82) is 0 Å². The van der Waals surface area contributed by atoms with Crippen LogP contribution in [-0.4, -0.2) is 12.7 Å². The van der Waals surface area contributed by atoms with Gasteiger partial charge in [-0.05, 0) is 32.8 Å². The lowest BCUT2D eigenvalue weighted by atomic mass is 9.93. The minimum atomic E-state index is -0.164. The molecule has 0 bridgehead atoms. The molecule has 0 amide bonds. The molecule has 0 aliphatic carbocycles. The molecule has 0 aliphatic rings. The highest BCUT2D eigenvalue weighted by molar-refractivity contribution is 5.25. The highest BCUT2D eigenvalue weighted by Crippen LogP contribution is 2.24. The van der Waals surface area contributed by atoms with Crippen LogP contribution in [0.15, 0.2) is 24.3 Å². The van der Waals surface area contributed by atoms with Crippen molar-refractivity contribution < 1.29 is 4.74 Å². The summed E-state index contributed by atoms with van der Waals surface area (Å²) in [6, 6.07) is 8.38. The molecule has 84 valence electrons. The second kappa shape index (κ2) is 4.77. The van der Waals surface area contributed by atoms with E-state index in [4.69, 9.17) is 10.5 Å². The summed E-state index contributed by atoms with van der Waals surface area (Å²) in [7, 11) is 1.73. The number of nitrogens with two attached hydrogens (primary N) is 1. The first-order valence-corrected chi connectivity index (χ1v) is 5.32. The molecule has 0 radical (unpaired) electrons. The van der Waals surface area contributed by atoms with Crippen LogP contribution in [0.3, 0.4) is 0 Å². The Morgan fingerprint density at radius 3 is 2.60 bits per heavy atom. The molecular formula is C13H21NO. The lowest BCUT2D eigenvalue weighted by Gasteiger charge is -2.26. The Bertz CT molecular complexity index is 320. The SMILES string of the molecule is COC(C)(C)CC(N)c1cccc(C)c1. The number of ether oxygens (including phenoxy) is 1. The van der Waals surface area contributed by atoms with E-state index in [1.165, 1.54) is 11.1 Å². The van der Waals surface area contributed by atoms with E-state index >= 15 is 0 Å². The van der Waals surface area contributed by atoms with Gasteiger partial charge >= 0.3 is 0 Å². The summed E-state index contributed by atoms with van der Waals surface area (Å²) in [6.07, 6.45) is 0.826. The largest absolute Gasteiger partial charge is 0.379 e. The number of aryl methyl sites for hydroxylation is 1. The van der Waals surface area contributed by atoms with Gasteiger partial charge in [-0.2, -0.15) is 0 Å². The minimum Gasteiger partial charge on any atom is -0.379 e. The quantitative estimate of drug-likeness (QED) is 0.824. The Hall–Kier alpha value is -0.860. The summed E-state index contributed by atoms with van der Waals surface area (Å²) in [5, 5.41) is 0. The maximum absolute atomic E-state index is 6.15. The van der Waals surface area contributed by atoms with Gasteiger partial charge in [0.05, 0.1) is 5.60 Å². The van der Waals surface area contributed by atoms with Gasteiger partial charge in [-0.25, -0.2) is 0 Å². The lowest BCUT2D eigenvalue weighted by Crippen LogP contribution is -2.28. The van der Waals surface area contributed by atoms with E-state index in [1.54, 1.807) is 7.11 Å². The van der Waals surface area contributed by atoms with Crippen LogP contribution in [0, 0.1) is 6.92 Å². The molecule has 1 rings (SSSR count). The number of hydrogen-bond donors (Lipinski definition) is 1. The molecule has 15 heavy (non-hydrogen) atoms. The third kappa shape index (κ3) is 3.65. The van der Waals surface area contributed by atoms with Crippen LogP contribution in [0.2, 0.25) is 0 Å². The van der Waals surface area contributed by atoms with Crippen molar-refractivity contribution in [3.8, 4) is 0 Å². The molecule has 2 N–H and O–H groups in total. The maximum atomic E-state index is 6.15. The first-order chi connectivity index (χ1) is 6.94. The molecule has 0 saturated carbocycles. The molecule has 2 heteroatoms. The number of methoxy groups -OCH3 is 1. The number of benzene rings is 1. The Morgan fingerprint density at radius 1 is 1.40 bits per heavy atom. The average Bonchev–Trinajstić information content (AvgIpc) is 2.17. The number of hydrogen-bond acceptors (Lipinski definition) is 2. The predicted molar refractivity (Wildman–Crippen MR) is 63.8 cm³/mol. The van der Waals surface area contributed by atoms with Gasteiger partial charge in [0.1, 0.15) is 0 Å². The monoisotopic (exact) mass is 207 g/mol. The standard InChI is InChI=1S/C13H21NO/c1-10-6-5-7-11(8-10)12(14)9-13(2,3)15-4/h5-8,12H,9,14H2,1-4H3. The van der Waals surface area contributed by atoms with Crippen LogP contribution in [0.25, 0.3) is 0 Å². The van der Waals surface area contributed by atoms with E-state index in [2.05, 4.69) is 39.0 Å². The minimum absolute atomic E-state index is 0.0415. The molecular weight excluding hydrogens is 186 g/mol. The Labute approximate surface area is 92.4 Å². The van der Waals surface area contributed by atoms with Gasteiger partial charge in [-0.15, -0.1) is 0 Å². The third-order valence-electron chi connectivity index (χ3n) is 2.73. The van der Waals surface area contributed by atoms with Crippen molar-refractivity contribution in [2.45, 2.75) is 38.8 Å². The molecule has 0 aliphatic heterocycles. The van der Waals surface area contributed by atoms with Crippen molar-refractivity contribution in [1.82, 2.24) is 0 Å².